The Balaban J connectivity index is 0.000000180. The first kappa shape index (κ1) is 67.0. The highest BCUT2D eigenvalue weighted by atomic mass is 35.5. The van der Waals surface area contributed by atoms with Gasteiger partial charge in [-0.25, -0.2) is 43.5 Å². The van der Waals surface area contributed by atoms with Crippen LogP contribution in [-0.4, -0.2) is 135 Å². The highest BCUT2D eigenvalue weighted by Crippen LogP contribution is 2.94. The first-order valence-corrected chi connectivity index (χ1v) is 41.8. The summed E-state index contributed by atoms with van der Waals surface area (Å²) in [4.78, 5) is 62.0. The van der Waals surface area contributed by atoms with Gasteiger partial charge in [0.1, 0.15) is 29.8 Å². The van der Waals surface area contributed by atoms with Crippen LogP contribution in [0.4, 0.5) is 22.2 Å². The van der Waals surface area contributed by atoms with E-state index in [1.807, 2.05) is 105 Å². The molecule has 592 valence electrons. The highest BCUT2D eigenvalue weighted by Gasteiger charge is 2.86. The summed E-state index contributed by atoms with van der Waals surface area (Å²) in [5, 5.41) is 14.0. The van der Waals surface area contributed by atoms with Gasteiger partial charge in [-0.2, -0.15) is 16.8 Å². The Morgan fingerprint density at radius 2 is 1.26 bits per heavy atom. The summed E-state index contributed by atoms with van der Waals surface area (Å²) in [6.07, 6.45) is 10.3. The molecule has 4 N–H and O–H groups in total. The van der Waals surface area contributed by atoms with Crippen LogP contribution < -0.4 is 43.9 Å². The lowest BCUT2D eigenvalue weighted by Crippen LogP contribution is -2.45. The smallest absolute Gasteiger partial charge is 0.410 e. The summed E-state index contributed by atoms with van der Waals surface area (Å²) in [6, 6.07) is 33.1. The molecule has 29 heteroatoms. The van der Waals surface area contributed by atoms with E-state index < -0.39 is 79.8 Å². The van der Waals surface area contributed by atoms with E-state index in [9.17, 15) is 31.2 Å². The fraction of sp³-hybridized carbons (Fsp3) is 0.506. The van der Waals surface area contributed by atoms with E-state index in [4.69, 9.17) is 51.2 Å². The summed E-state index contributed by atoms with van der Waals surface area (Å²) >= 11 is 6.43. The molecule has 3 aliphatic heterocycles. The van der Waals surface area contributed by atoms with Crippen LogP contribution in [0.3, 0.4) is 0 Å². The number of hydrogen-bond donors (Lipinski definition) is 4. The minimum Gasteiger partial charge on any atom is -0.485 e. The number of likely N-dealkylation sites (tertiary alicyclic amines) is 1. The zero-order valence-electron chi connectivity index (χ0n) is 71.7. The number of halogens is 1. The Kier molecular flexibility index (Phi) is 17.6. The van der Waals surface area contributed by atoms with Crippen LogP contribution in [0.15, 0.2) is 144 Å². The minimum absolute atomic E-state index is 0.0442. The number of ether oxygens (including phenoxy) is 5. The fourth-order valence-corrected chi connectivity index (χ4v) is 19.7. The third-order valence-corrected chi connectivity index (χ3v) is 26.5. The molecule has 2 saturated heterocycles. The van der Waals surface area contributed by atoms with Crippen molar-refractivity contribution < 1.29 is 65.9 Å². The maximum absolute atomic E-state index is 14.0. The number of fused-ring (bicyclic) bond motifs is 8. The largest absolute Gasteiger partial charge is 0.485 e. The van der Waals surface area contributed by atoms with Gasteiger partial charge in [-0.3, -0.25) is 9.59 Å². The van der Waals surface area contributed by atoms with Crippen LogP contribution in [0.2, 0.25) is 5.15 Å². The number of carbonyl (C=O) groups excluding carboxylic acids is 3. The number of anilines is 3. The van der Waals surface area contributed by atoms with Crippen molar-refractivity contribution in [1.29, 1.82) is 0 Å². The van der Waals surface area contributed by atoms with Crippen molar-refractivity contribution in [3.63, 3.8) is 0 Å². The van der Waals surface area contributed by atoms with Crippen molar-refractivity contribution in [1.82, 2.24) is 53.8 Å². The number of nitrogens with one attached hydrogen (secondary N) is 4. The van der Waals surface area contributed by atoms with Gasteiger partial charge in [-0.05, 0) is 256 Å². The van der Waals surface area contributed by atoms with E-state index in [-0.39, 0.29) is 126 Å². The number of amides is 3. The second-order valence-electron chi connectivity index (χ2n) is 33.4. The summed E-state index contributed by atoms with van der Waals surface area (Å²) < 4.78 is 160. The van der Waals surface area contributed by atoms with Crippen molar-refractivity contribution >= 4 is 67.0 Å². The van der Waals surface area contributed by atoms with E-state index in [1.165, 1.54) is 82.4 Å². The van der Waals surface area contributed by atoms with Crippen LogP contribution in [0.25, 0.3) is 11.6 Å². The van der Waals surface area contributed by atoms with E-state index in [0.717, 1.165) is 94.6 Å². The van der Waals surface area contributed by atoms with Crippen molar-refractivity contribution in [2.75, 3.05) is 54.8 Å². The Hall–Kier alpha value is -9.54. The molecule has 6 aliphatic carbocycles. The molecule has 6 aromatic heterocycles. The predicted octanol–water partition coefficient (Wildman–Crippen LogP) is 14.3. The number of carbonyl (C=O) groups is 3. The van der Waals surface area contributed by atoms with E-state index in [0.29, 0.717) is 44.1 Å². The molecule has 0 radical (unpaired) electrons. The highest BCUT2D eigenvalue weighted by molar-refractivity contribution is 7.90. The third-order valence-electron chi connectivity index (χ3n) is 23.8. The second kappa shape index (κ2) is 29.5. The number of sulfonamides is 2. The Morgan fingerprint density at radius 3 is 1.85 bits per heavy atom. The molecule has 2 atom stereocenters. The van der Waals surface area contributed by atoms with Crippen LogP contribution >= 0.6 is 11.6 Å². The lowest BCUT2D eigenvalue weighted by Gasteiger charge is -2.34. The number of rotatable bonds is 24. The molecule has 6 saturated carbocycles. The van der Waals surface area contributed by atoms with Crippen LogP contribution in [-0.2, 0) is 38.0 Å². The summed E-state index contributed by atoms with van der Waals surface area (Å²) in [7, 11) is -9.00. The van der Waals surface area contributed by atoms with Gasteiger partial charge in [0, 0.05) is 67.3 Å². The molecular formula is C83H99ClN14O12S2. The molecule has 112 heavy (non-hydrogen) atoms. The number of hydrogen-bond acceptors (Lipinski definition) is 21. The monoisotopic (exact) mass is 1590 g/mol. The summed E-state index contributed by atoms with van der Waals surface area (Å²) in [5.41, 5.74) is -0.125. The van der Waals surface area contributed by atoms with Gasteiger partial charge >= 0.3 is 6.09 Å². The van der Waals surface area contributed by atoms with Gasteiger partial charge in [-0.15, -0.1) is 10.2 Å². The Labute approximate surface area is 670 Å². The van der Waals surface area contributed by atoms with Gasteiger partial charge in [0.25, 0.3) is 31.9 Å². The van der Waals surface area contributed by atoms with Crippen molar-refractivity contribution in [2.24, 2.45) is 45.3 Å². The maximum Gasteiger partial charge on any atom is 0.410 e. The van der Waals surface area contributed by atoms with Gasteiger partial charge in [-0.1, -0.05) is 72.3 Å². The normalized spacial score (nSPS) is 22.8. The SMILES string of the molecule is [2H]C([2H])(Oc1ccn(-c2ccc(C(=O)NS(=O)(=O)c3ccc(OCc4ccccc4)c(NCCC[C@@H]4CN(C(=O)OC(C)(C)C)C(C)(C)C4)n3)c(Cl)n2)n1)C([2H])([2H])C1C2(CC2)C12CC2.[2H]C([2H])(Oc1ccn(-c2ccc3c(n2)N2C[C@@H](CCCNc4nc(ccc4OCc4ccccc4)S(=O)(=O)NC3=O)CC2(C)C)n1)C([2H])([2H])C1C2(CC2)C12CC2. The van der Waals surface area contributed by atoms with Gasteiger partial charge in [0.05, 0.1) is 29.7 Å². The molecule has 2 aromatic carbocycles. The number of aromatic nitrogens is 8. The third kappa shape index (κ3) is 15.7. The number of benzene rings is 2. The molecule has 17 rings (SSSR count). The number of pyridine rings is 4. The number of nitrogens with zero attached hydrogens (tertiary/aromatic N) is 10. The molecule has 9 aliphatic rings. The second-order valence-corrected chi connectivity index (χ2v) is 37.1. The molecule has 8 fully saturated rings. The van der Waals surface area contributed by atoms with Gasteiger partial charge in [0.15, 0.2) is 44.8 Å². The molecule has 4 spiro atoms. The fourth-order valence-electron chi connectivity index (χ4n) is 17.6. The molecule has 9 heterocycles. The first-order chi connectivity index (χ1) is 56.5. The zero-order chi connectivity index (χ0) is 85.4. The Morgan fingerprint density at radius 1 is 0.679 bits per heavy atom. The minimum atomic E-state index is -4.55. The molecule has 26 nitrogen and oxygen atoms in total. The van der Waals surface area contributed by atoms with Crippen LogP contribution in [0.1, 0.15) is 194 Å². The average molecular weight is 1590 g/mol. The topological polar surface area (TPSA) is 307 Å². The van der Waals surface area contributed by atoms with E-state index >= 15 is 0 Å². The lowest BCUT2D eigenvalue weighted by molar-refractivity contribution is 0.0130. The zero-order valence-corrected chi connectivity index (χ0v) is 66.1. The van der Waals surface area contributed by atoms with Crippen LogP contribution in [0, 0.1) is 45.3 Å². The molecule has 0 unspecified atom stereocenters. The standard InChI is InChI=1S/C44H54ClN7O7S.C39H45N7O5S/c1-41(2,3)59-40(54)51-27-30(26-42(51,4)5)12-9-23-46-38-32(58-28-29-10-7-6-8-11-29)14-16-36(48-38)60(55,56)50-39(53)31-13-15-34(47-37(31)45)52-24-17-35(49-52)57-25-18-33-43(19-20-43)44(33)21-22-44;1-37(2)23-27-9-6-20-40-34-29(51-25-26-7-4-3-5-8-26)11-13-33(42-34)52(48,49)44-36(47)28-10-12-31(41-35(28)45(37)24-27)46-21-14-32(43-46)50-22-15-30-38(16-17-38)39(30)18-19-39/h6-8,10-11,13-17,24,30,33H,9,12,18-23,25-28H2,1-5H3,(H,46,48)(H,50,53);3-5,7-8,10-14,21,27,30H,6,9,15-20,22-25H2,1-2H3,(H,40,42)(H,44,47)/t30-;27-/m00/s1/i18D2,25D2;15D2,22D2. The van der Waals surface area contributed by atoms with Gasteiger partial charge < -0.3 is 44.1 Å². The van der Waals surface area contributed by atoms with E-state index in [1.54, 1.807) is 4.90 Å². The lowest BCUT2D eigenvalue weighted by atomic mass is 9.93. The summed E-state index contributed by atoms with van der Waals surface area (Å²) in [6.45, 7) is 11.0. The Bertz CT molecular complexity index is 5500. The molecule has 8 aromatic rings. The maximum atomic E-state index is 14.0. The van der Waals surface area contributed by atoms with Crippen LogP contribution in [0.5, 0.6) is 23.3 Å². The average Bonchev–Trinajstić information content (AvgIpc) is 1.43. The van der Waals surface area contributed by atoms with E-state index in [2.05, 4.69) is 54.4 Å². The van der Waals surface area contributed by atoms with Gasteiger partial charge in [0.2, 0.25) is 11.8 Å². The molecule has 4 bridgehead atoms. The predicted molar refractivity (Wildman–Crippen MR) is 421 cm³/mol. The first-order valence-electron chi connectivity index (χ1n) is 42.5. The molecular weight excluding hydrogens is 1480 g/mol. The summed E-state index contributed by atoms with van der Waals surface area (Å²) in [5.74, 6) is -0.716. The molecule has 3 amide bonds. The van der Waals surface area contributed by atoms with Crippen molar-refractivity contribution in [3.05, 3.63) is 161 Å². The quantitative estimate of drug-likeness (QED) is 0.0323. The van der Waals surface area contributed by atoms with Crippen molar-refractivity contribution in [2.45, 2.75) is 191 Å². The van der Waals surface area contributed by atoms with Crippen molar-refractivity contribution in [3.8, 4) is 34.9 Å².